The highest BCUT2D eigenvalue weighted by molar-refractivity contribution is 7.99. The normalized spacial score (nSPS) is 17.3. The van der Waals surface area contributed by atoms with E-state index in [0.29, 0.717) is 9.99 Å². The highest BCUT2D eigenvalue weighted by Gasteiger charge is 2.50. The Morgan fingerprint density at radius 1 is 0.967 bits per heavy atom. The number of hydrogen-bond donors (Lipinski definition) is 2. The van der Waals surface area contributed by atoms with Crippen LogP contribution in [0.15, 0.2) is 34.1 Å². The summed E-state index contributed by atoms with van der Waals surface area (Å²) in [6.07, 6.45) is 0. The molecule has 0 unspecified atom stereocenters. The molecule has 0 radical (unpaired) electrons. The van der Waals surface area contributed by atoms with Gasteiger partial charge in [0.25, 0.3) is 0 Å². The Hall–Kier alpha value is -2.11. The van der Waals surface area contributed by atoms with Crippen LogP contribution in [0, 0.1) is 13.8 Å². The number of nitrogens with one attached hydrogen (secondary N) is 1. The van der Waals surface area contributed by atoms with Crippen molar-refractivity contribution in [3.05, 3.63) is 35.4 Å². The number of aryl methyl sites for hydroxylation is 2. The fourth-order valence-electron chi connectivity index (χ4n) is 3.76. The van der Waals surface area contributed by atoms with Crippen LogP contribution in [0.2, 0.25) is 0 Å². The number of fused-ring (bicyclic) bond motifs is 2. The molecule has 2 aliphatic heterocycles. The molecule has 2 aromatic carbocycles. The fraction of sp³-hybridized carbons (Fsp3) is 0.368. The zero-order chi connectivity index (χ0) is 21.8. The van der Waals surface area contributed by atoms with Crippen molar-refractivity contribution in [2.75, 3.05) is 42.1 Å². The number of hydrogen-bond acceptors (Lipinski definition) is 6. The minimum absolute atomic E-state index is 0.189. The molecule has 30 heavy (non-hydrogen) atoms. The molecule has 3 N–H and O–H groups in total. The number of benzene rings is 2. The SMILES string of the molecule is Cc1cc(N)cc2c1Nc1c(C)cc(N3CCN(S(=O)(=O)C(F)(F)F)CC3)cc1S2. The first kappa shape index (κ1) is 21.1. The van der Waals surface area contributed by atoms with Gasteiger partial charge in [0, 0.05) is 47.3 Å². The molecule has 0 amide bonds. The largest absolute Gasteiger partial charge is 0.511 e. The molecule has 0 spiro atoms. The average molecular weight is 459 g/mol. The van der Waals surface area contributed by atoms with Crippen LogP contribution in [0.25, 0.3) is 0 Å². The molecule has 6 nitrogen and oxygen atoms in total. The summed E-state index contributed by atoms with van der Waals surface area (Å²) in [7, 11) is -5.29. The number of alkyl halides is 3. The van der Waals surface area contributed by atoms with Gasteiger partial charge in [-0.25, -0.2) is 8.42 Å². The summed E-state index contributed by atoms with van der Waals surface area (Å²) in [6, 6.07) is 7.77. The van der Waals surface area contributed by atoms with Crippen molar-refractivity contribution in [3.8, 4) is 0 Å². The molecule has 1 saturated heterocycles. The molecule has 0 saturated carbocycles. The minimum Gasteiger partial charge on any atom is -0.399 e. The smallest absolute Gasteiger partial charge is 0.399 e. The second-order valence-corrected chi connectivity index (χ2v) is 10.4. The third-order valence-electron chi connectivity index (χ3n) is 5.31. The Morgan fingerprint density at radius 3 is 2.13 bits per heavy atom. The molecule has 0 bridgehead atoms. The van der Waals surface area contributed by atoms with Crippen LogP contribution in [-0.2, 0) is 10.0 Å². The van der Waals surface area contributed by atoms with Gasteiger partial charge < -0.3 is 16.0 Å². The molecule has 1 fully saturated rings. The first-order chi connectivity index (χ1) is 14.0. The lowest BCUT2D eigenvalue weighted by atomic mass is 10.1. The number of nitrogens with two attached hydrogens (primary N) is 1. The highest BCUT2D eigenvalue weighted by Crippen LogP contribution is 2.48. The topological polar surface area (TPSA) is 78.7 Å². The summed E-state index contributed by atoms with van der Waals surface area (Å²) in [5, 5.41) is 3.47. The highest BCUT2D eigenvalue weighted by atomic mass is 32.2. The molecule has 0 aliphatic carbocycles. The fourth-order valence-corrected chi connectivity index (χ4v) is 5.94. The van der Waals surface area contributed by atoms with Gasteiger partial charge in [-0.05, 0) is 49.2 Å². The van der Waals surface area contributed by atoms with Gasteiger partial charge in [-0.1, -0.05) is 11.8 Å². The Bertz CT molecular complexity index is 1110. The van der Waals surface area contributed by atoms with E-state index >= 15 is 0 Å². The van der Waals surface area contributed by atoms with Crippen LogP contribution in [0.3, 0.4) is 0 Å². The maximum Gasteiger partial charge on any atom is 0.511 e. The molecule has 4 rings (SSSR count). The molecule has 162 valence electrons. The predicted octanol–water partition coefficient (Wildman–Crippen LogP) is 4.07. The lowest BCUT2D eigenvalue weighted by Gasteiger charge is -2.36. The summed E-state index contributed by atoms with van der Waals surface area (Å²) in [4.78, 5) is 3.92. The molecule has 2 aromatic rings. The van der Waals surface area contributed by atoms with E-state index < -0.39 is 15.5 Å². The molecule has 11 heteroatoms. The van der Waals surface area contributed by atoms with Gasteiger partial charge >= 0.3 is 15.5 Å². The molecular formula is C19H21F3N4O2S2. The van der Waals surface area contributed by atoms with Crippen molar-refractivity contribution >= 4 is 44.5 Å². The van der Waals surface area contributed by atoms with Gasteiger partial charge in [-0.3, -0.25) is 0 Å². The lowest BCUT2D eigenvalue weighted by Crippen LogP contribution is -2.52. The lowest BCUT2D eigenvalue weighted by molar-refractivity contribution is -0.0490. The van der Waals surface area contributed by atoms with E-state index in [1.807, 2.05) is 43.0 Å². The number of nitrogens with zero attached hydrogens (tertiary/aromatic N) is 2. The Morgan fingerprint density at radius 2 is 1.53 bits per heavy atom. The van der Waals surface area contributed by atoms with E-state index in [4.69, 9.17) is 5.73 Å². The molecular weight excluding hydrogens is 437 g/mol. The van der Waals surface area contributed by atoms with Crippen molar-refractivity contribution in [1.82, 2.24) is 4.31 Å². The quantitative estimate of drug-likeness (QED) is 0.564. The van der Waals surface area contributed by atoms with Gasteiger partial charge in [0.15, 0.2) is 0 Å². The zero-order valence-corrected chi connectivity index (χ0v) is 18.0. The number of piperazine rings is 1. The van der Waals surface area contributed by atoms with Crippen molar-refractivity contribution < 1.29 is 21.6 Å². The van der Waals surface area contributed by atoms with Gasteiger partial charge in [0.2, 0.25) is 0 Å². The first-order valence-electron chi connectivity index (χ1n) is 9.28. The second-order valence-electron chi connectivity index (χ2n) is 7.41. The molecule has 2 heterocycles. The third kappa shape index (κ3) is 3.58. The van der Waals surface area contributed by atoms with Crippen LogP contribution in [0.4, 0.5) is 35.9 Å². The summed E-state index contributed by atoms with van der Waals surface area (Å²) in [5.74, 6) is 0. The second kappa shape index (κ2) is 7.24. The van der Waals surface area contributed by atoms with E-state index in [1.54, 1.807) is 11.8 Å². The van der Waals surface area contributed by atoms with E-state index in [0.717, 1.165) is 38.0 Å². The summed E-state index contributed by atoms with van der Waals surface area (Å²) in [6.45, 7) is 3.93. The number of halogens is 3. The van der Waals surface area contributed by atoms with Crippen LogP contribution in [-0.4, -0.2) is 44.4 Å². The first-order valence-corrected chi connectivity index (χ1v) is 11.5. The van der Waals surface area contributed by atoms with Crippen LogP contribution in [0.1, 0.15) is 11.1 Å². The predicted molar refractivity (Wildman–Crippen MR) is 113 cm³/mol. The van der Waals surface area contributed by atoms with E-state index in [9.17, 15) is 21.6 Å². The van der Waals surface area contributed by atoms with Crippen molar-refractivity contribution in [2.24, 2.45) is 0 Å². The Kier molecular flexibility index (Phi) is 5.10. The van der Waals surface area contributed by atoms with Crippen molar-refractivity contribution in [2.45, 2.75) is 29.1 Å². The minimum atomic E-state index is -5.29. The number of sulfonamides is 1. The summed E-state index contributed by atoms with van der Waals surface area (Å²) in [5.41, 5.74) is 6.30. The van der Waals surface area contributed by atoms with Crippen LogP contribution >= 0.6 is 11.8 Å². The molecule has 2 aliphatic rings. The zero-order valence-electron chi connectivity index (χ0n) is 16.4. The number of nitrogen functional groups attached to an aromatic ring is 1. The van der Waals surface area contributed by atoms with Gasteiger partial charge in [-0.2, -0.15) is 17.5 Å². The summed E-state index contributed by atoms with van der Waals surface area (Å²) >= 11 is 1.59. The van der Waals surface area contributed by atoms with Crippen LogP contribution < -0.4 is 16.0 Å². The Balaban J connectivity index is 1.57. The number of rotatable bonds is 2. The van der Waals surface area contributed by atoms with Gasteiger partial charge in [0.05, 0.1) is 11.4 Å². The van der Waals surface area contributed by atoms with Crippen molar-refractivity contribution in [1.29, 1.82) is 0 Å². The van der Waals surface area contributed by atoms with Crippen LogP contribution in [0.5, 0.6) is 0 Å². The van der Waals surface area contributed by atoms with Gasteiger partial charge in [-0.15, -0.1) is 0 Å². The standard InChI is InChI=1S/C19H21F3N4O2S2/c1-11-7-13(23)9-15-17(11)24-18-12(2)8-14(10-16(18)29-15)25-3-5-26(6-4-25)30(27,28)19(20,21)22/h7-10,24H,3-6,23H2,1-2H3. The monoisotopic (exact) mass is 458 g/mol. The maximum absolute atomic E-state index is 12.8. The molecule has 0 atom stereocenters. The van der Waals surface area contributed by atoms with Gasteiger partial charge in [0.1, 0.15) is 0 Å². The summed E-state index contributed by atoms with van der Waals surface area (Å²) < 4.78 is 62.2. The maximum atomic E-state index is 12.8. The molecule has 0 aromatic heterocycles. The van der Waals surface area contributed by atoms with Crippen molar-refractivity contribution in [3.63, 3.8) is 0 Å². The number of anilines is 4. The van der Waals surface area contributed by atoms with E-state index in [-0.39, 0.29) is 26.2 Å². The Labute approximate surface area is 177 Å². The van der Waals surface area contributed by atoms with E-state index in [2.05, 4.69) is 5.32 Å². The van der Waals surface area contributed by atoms with E-state index in [1.165, 1.54) is 0 Å². The third-order valence-corrected chi connectivity index (χ3v) is 8.03. The average Bonchev–Trinajstić information content (AvgIpc) is 2.66.